The molecule has 2 N–H and O–H groups in total. The van der Waals surface area contributed by atoms with E-state index in [-0.39, 0.29) is 24.9 Å². The molecule has 0 spiro atoms. The van der Waals surface area contributed by atoms with Crippen molar-refractivity contribution in [2.24, 2.45) is 0 Å². The number of hydrogen-bond acceptors (Lipinski definition) is 6. The van der Waals surface area contributed by atoms with Crippen molar-refractivity contribution in [1.29, 1.82) is 0 Å². The monoisotopic (exact) mass is 440 g/mol. The summed E-state index contributed by atoms with van der Waals surface area (Å²) in [6.45, 7) is 6.91. The Morgan fingerprint density at radius 3 is 2.22 bits per heavy atom. The third-order valence-corrected chi connectivity index (χ3v) is 4.55. The number of amides is 2. The Balaban J connectivity index is 1.72. The highest BCUT2D eigenvalue weighted by atomic mass is 16.5. The van der Waals surface area contributed by atoms with E-state index >= 15 is 0 Å². The summed E-state index contributed by atoms with van der Waals surface area (Å²) in [6.07, 6.45) is -0.491. The highest BCUT2D eigenvalue weighted by molar-refractivity contribution is 5.95. The van der Waals surface area contributed by atoms with Crippen molar-refractivity contribution >= 4 is 35.1 Å². The number of nitrogens with one attached hydrogen (secondary N) is 2. The summed E-state index contributed by atoms with van der Waals surface area (Å²) in [5.41, 5.74) is 3.50. The number of aryl methyl sites for hydroxylation is 1. The molecule has 2 amide bonds. The Kier molecular flexibility index (Phi) is 8.95. The quantitative estimate of drug-likeness (QED) is 0.574. The van der Waals surface area contributed by atoms with Crippen molar-refractivity contribution in [3.05, 3.63) is 59.2 Å². The van der Waals surface area contributed by atoms with Crippen LogP contribution < -0.4 is 10.6 Å². The van der Waals surface area contributed by atoms with Gasteiger partial charge in [0.05, 0.1) is 18.1 Å². The predicted molar refractivity (Wildman–Crippen MR) is 120 cm³/mol. The fraction of sp³-hybridized carbons (Fsp3) is 0.333. The lowest BCUT2D eigenvalue weighted by Gasteiger charge is -2.11. The Labute approximate surface area is 187 Å². The summed E-state index contributed by atoms with van der Waals surface area (Å²) < 4.78 is 10.0. The van der Waals surface area contributed by atoms with E-state index in [1.807, 2.05) is 26.0 Å². The van der Waals surface area contributed by atoms with Gasteiger partial charge in [-0.15, -0.1) is 0 Å². The average molecular weight is 440 g/mol. The number of benzene rings is 2. The van der Waals surface area contributed by atoms with Gasteiger partial charge in [-0.2, -0.15) is 0 Å². The second kappa shape index (κ2) is 11.6. The molecule has 0 atom stereocenters. The van der Waals surface area contributed by atoms with Crippen LogP contribution in [-0.4, -0.2) is 36.5 Å². The molecule has 0 aliphatic heterocycles. The fourth-order valence-corrected chi connectivity index (χ4v) is 2.70. The smallest absolute Gasteiger partial charge is 0.338 e. The number of esters is 2. The van der Waals surface area contributed by atoms with Crippen molar-refractivity contribution in [2.45, 2.75) is 46.6 Å². The molecule has 0 bridgehead atoms. The third-order valence-electron chi connectivity index (χ3n) is 4.55. The third kappa shape index (κ3) is 7.86. The summed E-state index contributed by atoms with van der Waals surface area (Å²) in [4.78, 5) is 47.7. The van der Waals surface area contributed by atoms with Gasteiger partial charge in [0, 0.05) is 17.8 Å². The first-order valence-electron chi connectivity index (χ1n) is 10.3. The van der Waals surface area contributed by atoms with E-state index in [9.17, 15) is 19.2 Å². The van der Waals surface area contributed by atoms with Crippen molar-refractivity contribution < 1.29 is 28.7 Å². The first-order valence-corrected chi connectivity index (χ1v) is 10.3. The molecule has 0 heterocycles. The number of anilines is 2. The SMILES string of the molecule is Cc1cccc(NC(=O)COC(=O)CCC(=O)Nc2ccc(C(=O)OC(C)C)cc2)c1C. The predicted octanol–water partition coefficient (Wildman–Crippen LogP) is 3.77. The highest BCUT2D eigenvalue weighted by Crippen LogP contribution is 2.17. The van der Waals surface area contributed by atoms with Crippen LogP contribution in [0.5, 0.6) is 0 Å². The van der Waals surface area contributed by atoms with Crippen molar-refractivity contribution in [2.75, 3.05) is 17.2 Å². The summed E-state index contributed by atoms with van der Waals surface area (Å²) in [5, 5.41) is 5.33. The lowest BCUT2D eigenvalue weighted by Crippen LogP contribution is -2.22. The molecular formula is C24H28N2O6. The van der Waals surface area contributed by atoms with Crippen LogP contribution in [0.4, 0.5) is 11.4 Å². The molecule has 2 aromatic rings. The maximum absolute atomic E-state index is 12.0. The van der Waals surface area contributed by atoms with E-state index in [0.29, 0.717) is 16.9 Å². The van der Waals surface area contributed by atoms with Crippen LogP contribution in [0.2, 0.25) is 0 Å². The van der Waals surface area contributed by atoms with Crippen LogP contribution in [0, 0.1) is 13.8 Å². The van der Waals surface area contributed by atoms with Crippen molar-refractivity contribution in [3.63, 3.8) is 0 Å². The first-order chi connectivity index (χ1) is 15.2. The van der Waals surface area contributed by atoms with Gasteiger partial charge in [-0.25, -0.2) is 4.79 Å². The molecule has 0 aliphatic carbocycles. The molecule has 170 valence electrons. The summed E-state index contributed by atoms with van der Waals surface area (Å²) in [6, 6.07) is 11.8. The summed E-state index contributed by atoms with van der Waals surface area (Å²) >= 11 is 0. The van der Waals surface area contributed by atoms with Gasteiger partial charge in [-0.05, 0) is 69.2 Å². The molecule has 0 radical (unpaired) electrons. The van der Waals surface area contributed by atoms with Crippen LogP contribution in [0.25, 0.3) is 0 Å². The highest BCUT2D eigenvalue weighted by Gasteiger charge is 2.13. The summed E-state index contributed by atoms with van der Waals surface area (Å²) in [5.74, 6) is -1.93. The minimum atomic E-state index is -0.650. The number of hydrogen-bond donors (Lipinski definition) is 2. The van der Waals surface area contributed by atoms with Crippen molar-refractivity contribution in [1.82, 2.24) is 0 Å². The molecule has 8 nitrogen and oxygen atoms in total. The van der Waals surface area contributed by atoms with Crippen LogP contribution in [0.3, 0.4) is 0 Å². The van der Waals surface area contributed by atoms with Crippen LogP contribution >= 0.6 is 0 Å². The maximum Gasteiger partial charge on any atom is 0.338 e. The van der Waals surface area contributed by atoms with Gasteiger partial charge in [-0.3, -0.25) is 14.4 Å². The van der Waals surface area contributed by atoms with Gasteiger partial charge in [0.1, 0.15) is 0 Å². The van der Waals surface area contributed by atoms with E-state index in [1.54, 1.807) is 44.2 Å². The van der Waals surface area contributed by atoms with E-state index in [1.165, 1.54) is 0 Å². The van der Waals surface area contributed by atoms with Gasteiger partial charge in [-0.1, -0.05) is 12.1 Å². The van der Waals surface area contributed by atoms with Crippen LogP contribution in [0.15, 0.2) is 42.5 Å². The zero-order valence-corrected chi connectivity index (χ0v) is 18.7. The molecule has 0 saturated heterocycles. The van der Waals surface area contributed by atoms with Crippen LogP contribution in [0.1, 0.15) is 48.2 Å². The second-order valence-electron chi connectivity index (χ2n) is 7.54. The molecule has 0 fully saturated rings. The van der Waals surface area contributed by atoms with E-state index in [2.05, 4.69) is 10.6 Å². The molecule has 8 heteroatoms. The molecule has 2 aromatic carbocycles. The minimum absolute atomic E-state index is 0.103. The van der Waals surface area contributed by atoms with E-state index < -0.39 is 24.5 Å². The zero-order valence-electron chi connectivity index (χ0n) is 18.7. The molecule has 0 saturated carbocycles. The number of ether oxygens (including phenoxy) is 2. The van der Waals surface area contributed by atoms with Crippen molar-refractivity contribution in [3.8, 4) is 0 Å². The minimum Gasteiger partial charge on any atom is -0.459 e. The molecule has 0 aromatic heterocycles. The van der Waals surface area contributed by atoms with Gasteiger partial charge >= 0.3 is 11.9 Å². The first kappa shape index (κ1) is 24.6. The Morgan fingerprint density at radius 1 is 0.875 bits per heavy atom. The number of carbonyl (C=O) groups is 4. The largest absolute Gasteiger partial charge is 0.459 e. The van der Waals surface area contributed by atoms with Gasteiger partial charge < -0.3 is 20.1 Å². The molecule has 0 aliphatic rings. The Hall–Kier alpha value is -3.68. The standard InChI is InChI=1S/C24H28N2O6/c1-15(2)32-24(30)18-8-10-19(11-9-18)25-21(27)12-13-23(29)31-14-22(28)26-20-7-5-6-16(3)17(20)4/h5-11,15H,12-14H2,1-4H3,(H,25,27)(H,26,28). The zero-order chi connectivity index (χ0) is 23.7. The topological polar surface area (TPSA) is 111 Å². The lowest BCUT2D eigenvalue weighted by atomic mass is 10.1. The molecule has 2 rings (SSSR count). The number of carbonyl (C=O) groups excluding carboxylic acids is 4. The van der Waals surface area contributed by atoms with E-state index in [0.717, 1.165) is 11.1 Å². The molecular weight excluding hydrogens is 412 g/mol. The molecule has 32 heavy (non-hydrogen) atoms. The normalized spacial score (nSPS) is 10.4. The van der Waals surface area contributed by atoms with Gasteiger partial charge in [0.15, 0.2) is 6.61 Å². The Bertz CT molecular complexity index is 982. The average Bonchev–Trinajstić information content (AvgIpc) is 2.74. The second-order valence-corrected chi connectivity index (χ2v) is 7.54. The Morgan fingerprint density at radius 2 is 1.56 bits per heavy atom. The molecule has 0 unspecified atom stereocenters. The van der Waals surface area contributed by atoms with E-state index in [4.69, 9.17) is 9.47 Å². The maximum atomic E-state index is 12.0. The van der Waals surface area contributed by atoms with Gasteiger partial charge in [0.2, 0.25) is 5.91 Å². The fourth-order valence-electron chi connectivity index (χ4n) is 2.70. The summed E-state index contributed by atoms with van der Waals surface area (Å²) in [7, 11) is 0. The van der Waals surface area contributed by atoms with Gasteiger partial charge in [0.25, 0.3) is 5.91 Å². The number of rotatable bonds is 9. The lowest BCUT2D eigenvalue weighted by molar-refractivity contribution is -0.147. The van der Waals surface area contributed by atoms with Crippen LogP contribution in [-0.2, 0) is 23.9 Å².